The molecule has 1 aromatic rings. The van der Waals surface area contributed by atoms with Crippen molar-refractivity contribution in [3.8, 4) is 0 Å². The van der Waals surface area contributed by atoms with Crippen molar-refractivity contribution in [2.24, 2.45) is 5.73 Å². The highest BCUT2D eigenvalue weighted by Gasteiger charge is 2.28. The third-order valence-corrected chi connectivity index (χ3v) is 4.01. The summed E-state index contributed by atoms with van der Waals surface area (Å²) in [6, 6.07) is 5.07. The van der Waals surface area contributed by atoms with Crippen molar-refractivity contribution < 1.29 is 0 Å². The number of rotatable bonds is 4. The van der Waals surface area contributed by atoms with Crippen molar-refractivity contribution in [1.29, 1.82) is 0 Å². The van der Waals surface area contributed by atoms with Crippen LogP contribution < -0.4 is 5.73 Å². The van der Waals surface area contributed by atoms with E-state index in [1.54, 1.807) is 0 Å². The predicted molar refractivity (Wildman–Crippen MR) is 74.3 cm³/mol. The second-order valence-electron chi connectivity index (χ2n) is 5.08. The fraction of sp³-hybridized carbons (Fsp3) is 0.643. The summed E-state index contributed by atoms with van der Waals surface area (Å²) in [5.41, 5.74) is 7.21. The van der Waals surface area contributed by atoms with Crippen LogP contribution in [-0.4, -0.2) is 54.1 Å². The Bertz CT molecular complexity index is 354. The van der Waals surface area contributed by atoms with Gasteiger partial charge in [-0.2, -0.15) is 0 Å². The molecule has 2 unspecified atom stereocenters. The molecule has 1 aliphatic rings. The first-order valence-corrected chi connectivity index (χ1v) is 6.80. The van der Waals surface area contributed by atoms with Crippen molar-refractivity contribution in [2.75, 3.05) is 33.2 Å². The fourth-order valence-electron chi connectivity index (χ4n) is 2.76. The van der Waals surface area contributed by atoms with Gasteiger partial charge in [0.1, 0.15) is 0 Å². The molecule has 4 heteroatoms. The Kier molecular flexibility index (Phi) is 4.69. The van der Waals surface area contributed by atoms with E-state index in [9.17, 15) is 0 Å². The van der Waals surface area contributed by atoms with E-state index in [4.69, 9.17) is 5.73 Å². The SMILES string of the molecule is CCC1CN(C(CN)c2cccnc2)CCN1C. The van der Waals surface area contributed by atoms with E-state index in [-0.39, 0.29) is 0 Å². The third-order valence-electron chi connectivity index (χ3n) is 4.01. The minimum atomic E-state index is 0.307. The largest absolute Gasteiger partial charge is 0.329 e. The van der Waals surface area contributed by atoms with Crippen LogP contribution in [0.15, 0.2) is 24.5 Å². The quantitative estimate of drug-likeness (QED) is 0.867. The summed E-state index contributed by atoms with van der Waals surface area (Å²) >= 11 is 0. The molecular weight excluding hydrogens is 224 g/mol. The summed E-state index contributed by atoms with van der Waals surface area (Å²) in [6.45, 7) is 6.22. The molecule has 2 rings (SSSR count). The predicted octanol–water partition coefficient (Wildman–Crippen LogP) is 1.11. The van der Waals surface area contributed by atoms with Crippen LogP contribution >= 0.6 is 0 Å². The number of hydrogen-bond acceptors (Lipinski definition) is 4. The standard InChI is InChI=1S/C14H24N4/c1-3-13-11-18(8-7-17(13)2)14(9-15)12-5-4-6-16-10-12/h4-6,10,13-14H,3,7-9,11,15H2,1-2H3. The highest BCUT2D eigenvalue weighted by atomic mass is 15.3. The Morgan fingerprint density at radius 1 is 1.50 bits per heavy atom. The van der Waals surface area contributed by atoms with Gasteiger partial charge in [0.25, 0.3) is 0 Å². The lowest BCUT2D eigenvalue weighted by Crippen LogP contribution is -2.53. The molecule has 1 fully saturated rings. The Hall–Kier alpha value is -0.970. The fourth-order valence-corrected chi connectivity index (χ4v) is 2.76. The molecule has 0 spiro atoms. The number of aromatic nitrogens is 1. The maximum atomic E-state index is 5.97. The van der Waals surface area contributed by atoms with Gasteiger partial charge in [-0.25, -0.2) is 0 Å². The van der Waals surface area contributed by atoms with Crippen LogP contribution in [0.5, 0.6) is 0 Å². The minimum absolute atomic E-state index is 0.307. The Balaban J connectivity index is 2.09. The first kappa shape index (κ1) is 13.5. The van der Waals surface area contributed by atoms with E-state index in [0.29, 0.717) is 18.6 Å². The molecule has 0 aliphatic carbocycles. The van der Waals surface area contributed by atoms with E-state index in [1.807, 2.05) is 18.5 Å². The highest BCUT2D eigenvalue weighted by molar-refractivity contribution is 5.15. The maximum absolute atomic E-state index is 5.97. The normalized spacial score (nSPS) is 24.1. The van der Waals surface area contributed by atoms with Gasteiger partial charge in [0.2, 0.25) is 0 Å². The summed E-state index contributed by atoms with van der Waals surface area (Å²) in [5, 5.41) is 0. The van der Waals surface area contributed by atoms with Crippen LogP contribution in [-0.2, 0) is 0 Å². The van der Waals surface area contributed by atoms with Crippen molar-refractivity contribution >= 4 is 0 Å². The molecule has 18 heavy (non-hydrogen) atoms. The highest BCUT2D eigenvalue weighted by Crippen LogP contribution is 2.22. The van der Waals surface area contributed by atoms with Gasteiger partial charge in [0, 0.05) is 50.7 Å². The molecule has 2 N–H and O–H groups in total. The molecule has 2 atom stereocenters. The van der Waals surface area contributed by atoms with Crippen LogP contribution in [0.2, 0.25) is 0 Å². The Morgan fingerprint density at radius 2 is 2.33 bits per heavy atom. The average Bonchev–Trinajstić information content (AvgIpc) is 2.42. The second kappa shape index (κ2) is 6.27. The van der Waals surface area contributed by atoms with Crippen LogP contribution in [0.4, 0.5) is 0 Å². The number of likely N-dealkylation sites (N-methyl/N-ethyl adjacent to an activating group) is 1. The van der Waals surface area contributed by atoms with E-state index in [2.05, 4.69) is 34.8 Å². The van der Waals surface area contributed by atoms with Gasteiger partial charge in [-0.05, 0) is 25.1 Å². The molecule has 1 saturated heterocycles. The van der Waals surface area contributed by atoms with Gasteiger partial charge >= 0.3 is 0 Å². The lowest BCUT2D eigenvalue weighted by atomic mass is 10.0. The molecule has 4 nitrogen and oxygen atoms in total. The first-order chi connectivity index (χ1) is 8.76. The van der Waals surface area contributed by atoms with Crippen molar-refractivity contribution in [3.63, 3.8) is 0 Å². The zero-order chi connectivity index (χ0) is 13.0. The van der Waals surface area contributed by atoms with E-state index < -0.39 is 0 Å². The summed E-state index contributed by atoms with van der Waals surface area (Å²) in [6.07, 6.45) is 4.95. The van der Waals surface area contributed by atoms with Gasteiger partial charge < -0.3 is 10.6 Å². The van der Waals surface area contributed by atoms with Gasteiger partial charge in [-0.3, -0.25) is 9.88 Å². The minimum Gasteiger partial charge on any atom is -0.329 e. The van der Waals surface area contributed by atoms with Crippen molar-refractivity contribution in [1.82, 2.24) is 14.8 Å². The second-order valence-corrected chi connectivity index (χ2v) is 5.08. The molecule has 0 aromatic carbocycles. The molecule has 0 saturated carbocycles. The number of hydrogen-bond donors (Lipinski definition) is 1. The van der Waals surface area contributed by atoms with E-state index in [0.717, 1.165) is 19.6 Å². The average molecular weight is 248 g/mol. The first-order valence-electron chi connectivity index (χ1n) is 6.80. The maximum Gasteiger partial charge on any atom is 0.0486 e. The molecule has 2 heterocycles. The molecular formula is C14H24N4. The zero-order valence-corrected chi connectivity index (χ0v) is 11.4. The molecule has 1 aromatic heterocycles. The summed E-state index contributed by atoms with van der Waals surface area (Å²) in [4.78, 5) is 9.17. The lowest BCUT2D eigenvalue weighted by Gasteiger charge is -2.42. The Labute approximate surface area is 110 Å². The van der Waals surface area contributed by atoms with Crippen LogP contribution in [0.25, 0.3) is 0 Å². The van der Waals surface area contributed by atoms with E-state index in [1.165, 1.54) is 12.0 Å². The number of nitrogens with two attached hydrogens (primary N) is 1. The lowest BCUT2D eigenvalue weighted by molar-refractivity contribution is 0.0643. The molecule has 0 amide bonds. The van der Waals surface area contributed by atoms with Crippen LogP contribution in [0, 0.1) is 0 Å². The monoisotopic (exact) mass is 248 g/mol. The van der Waals surface area contributed by atoms with E-state index >= 15 is 0 Å². The summed E-state index contributed by atoms with van der Waals surface area (Å²) < 4.78 is 0. The summed E-state index contributed by atoms with van der Waals surface area (Å²) in [5.74, 6) is 0. The van der Waals surface area contributed by atoms with Crippen LogP contribution in [0.1, 0.15) is 24.9 Å². The summed E-state index contributed by atoms with van der Waals surface area (Å²) in [7, 11) is 2.22. The van der Waals surface area contributed by atoms with Crippen molar-refractivity contribution in [3.05, 3.63) is 30.1 Å². The van der Waals surface area contributed by atoms with Gasteiger partial charge in [-0.15, -0.1) is 0 Å². The van der Waals surface area contributed by atoms with Crippen molar-refractivity contribution in [2.45, 2.75) is 25.4 Å². The molecule has 0 radical (unpaired) electrons. The van der Waals surface area contributed by atoms with Crippen LogP contribution in [0.3, 0.4) is 0 Å². The van der Waals surface area contributed by atoms with Gasteiger partial charge in [-0.1, -0.05) is 13.0 Å². The molecule has 0 bridgehead atoms. The zero-order valence-electron chi connectivity index (χ0n) is 11.4. The third kappa shape index (κ3) is 2.88. The van der Waals surface area contributed by atoms with Gasteiger partial charge in [0.05, 0.1) is 0 Å². The number of nitrogens with zero attached hydrogens (tertiary/aromatic N) is 3. The van der Waals surface area contributed by atoms with Gasteiger partial charge in [0.15, 0.2) is 0 Å². The number of piperazine rings is 1. The Morgan fingerprint density at radius 3 is 2.94 bits per heavy atom. The molecule has 100 valence electrons. The smallest absolute Gasteiger partial charge is 0.0486 e. The topological polar surface area (TPSA) is 45.4 Å². The number of pyridine rings is 1. The molecule has 1 aliphatic heterocycles.